The Morgan fingerprint density at radius 1 is 1.48 bits per heavy atom. The lowest BCUT2D eigenvalue weighted by molar-refractivity contribution is -0.132. The quantitative estimate of drug-likeness (QED) is 0.719. The van der Waals surface area contributed by atoms with E-state index in [1.54, 1.807) is 17.9 Å². The van der Waals surface area contributed by atoms with Gasteiger partial charge in [0.05, 0.1) is 6.54 Å². The Balaban J connectivity index is 2.27. The van der Waals surface area contributed by atoms with Crippen molar-refractivity contribution in [2.45, 2.75) is 32.9 Å². The average Bonchev–Trinajstić information content (AvgIpc) is 2.42. The van der Waals surface area contributed by atoms with Crippen LogP contribution >= 0.6 is 0 Å². The number of rotatable bonds is 4. The van der Waals surface area contributed by atoms with Crippen LogP contribution in [0.1, 0.15) is 32.4 Å². The molecule has 21 heavy (non-hydrogen) atoms. The van der Waals surface area contributed by atoms with E-state index in [2.05, 4.69) is 10.6 Å². The zero-order chi connectivity index (χ0) is 15.6. The van der Waals surface area contributed by atoms with Gasteiger partial charge in [-0.1, -0.05) is 13.0 Å². The summed E-state index contributed by atoms with van der Waals surface area (Å²) in [7, 11) is 0. The van der Waals surface area contributed by atoms with Gasteiger partial charge in [-0.15, -0.1) is 0 Å². The second-order valence-electron chi connectivity index (χ2n) is 5.24. The molecule has 0 aromatic heterocycles. The molecule has 6 nitrogen and oxygen atoms in total. The minimum Gasteiger partial charge on any atom is -0.508 e. The van der Waals surface area contributed by atoms with Gasteiger partial charge in [-0.05, 0) is 26.5 Å². The molecule has 1 aliphatic heterocycles. The van der Waals surface area contributed by atoms with Crippen LogP contribution in [0.2, 0.25) is 0 Å². The second-order valence-corrected chi connectivity index (χ2v) is 5.24. The van der Waals surface area contributed by atoms with Gasteiger partial charge in [0.1, 0.15) is 11.8 Å². The van der Waals surface area contributed by atoms with E-state index in [9.17, 15) is 14.7 Å². The number of benzene rings is 1. The Hall–Kier alpha value is -2.08. The van der Waals surface area contributed by atoms with Crippen molar-refractivity contribution >= 4 is 17.5 Å². The third kappa shape index (κ3) is 3.16. The summed E-state index contributed by atoms with van der Waals surface area (Å²) < 4.78 is 0. The van der Waals surface area contributed by atoms with E-state index in [1.807, 2.05) is 26.0 Å². The summed E-state index contributed by atoms with van der Waals surface area (Å²) in [6.45, 7) is 6.61. The first-order valence-electron chi connectivity index (χ1n) is 7.10. The van der Waals surface area contributed by atoms with Gasteiger partial charge in [0.2, 0.25) is 11.8 Å². The Labute approximate surface area is 124 Å². The molecule has 1 saturated heterocycles. The monoisotopic (exact) mass is 291 g/mol. The van der Waals surface area contributed by atoms with Gasteiger partial charge in [0.15, 0.2) is 0 Å². The lowest BCUT2D eigenvalue weighted by Crippen LogP contribution is -2.57. The van der Waals surface area contributed by atoms with E-state index >= 15 is 0 Å². The van der Waals surface area contributed by atoms with Gasteiger partial charge in [0.25, 0.3) is 0 Å². The molecule has 1 aromatic carbocycles. The third-order valence-electron chi connectivity index (χ3n) is 3.75. The van der Waals surface area contributed by atoms with Crippen molar-refractivity contribution in [2.75, 3.05) is 18.0 Å². The Morgan fingerprint density at radius 3 is 2.81 bits per heavy atom. The summed E-state index contributed by atoms with van der Waals surface area (Å²) in [6, 6.07) is 4.84. The molecule has 0 aliphatic carbocycles. The molecule has 0 radical (unpaired) electrons. The van der Waals surface area contributed by atoms with Crippen molar-refractivity contribution in [1.29, 1.82) is 0 Å². The molecular weight excluding hydrogens is 270 g/mol. The van der Waals surface area contributed by atoms with E-state index in [-0.39, 0.29) is 30.2 Å². The number of aromatic hydroxyl groups is 1. The van der Waals surface area contributed by atoms with E-state index in [0.29, 0.717) is 5.69 Å². The molecule has 1 heterocycles. The van der Waals surface area contributed by atoms with Crippen molar-refractivity contribution in [3.8, 4) is 5.75 Å². The van der Waals surface area contributed by atoms with Gasteiger partial charge in [0, 0.05) is 23.4 Å². The summed E-state index contributed by atoms with van der Waals surface area (Å²) >= 11 is 0. The van der Waals surface area contributed by atoms with E-state index < -0.39 is 6.04 Å². The minimum absolute atomic E-state index is 0.0350. The van der Waals surface area contributed by atoms with Crippen LogP contribution in [-0.2, 0) is 9.59 Å². The van der Waals surface area contributed by atoms with Crippen LogP contribution in [0.5, 0.6) is 5.75 Å². The minimum atomic E-state index is -0.445. The van der Waals surface area contributed by atoms with Crippen LogP contribution in [0, 0.1) is 0 Å². The van der Waals surface area contributed by atoms with Gasteiger partial charge in [-0.2, -0.15) is 0 Å². The first-order chi connectivity index (χ1) is 9.93. The van der Waals surface area contributed by atoms with Crippen molar-refractivity contribution in [2.24, 2.45) is 0 Å². The maximum atomic E-state index is 11.7. The van der Waals surface area contributed by atoms with Gasteiger partial charge < -0.3 is 15.3 Å². The predicted octanol–water partition coefficient (Wildman–Crippen LogP) is 0.914. The van der Waals surface area contributed by atoms with Crippen molar-refractivity contribution in [3.05, 3.63) is 23.8 Å². The van der Waals surface area contributed by atoms with Crippen molar-refractivity contribution in [3.63, 3.8) is 0 Å². The predicted molar refractivity (Wildman–Crippen MR) is 80.2 cm³/mol. The van der Waals surface area contributed by atoms with E-state index in [1.165, 1.54) is 0 Å². The van der Waals surface area contributed by atoms with Crippen LogP contribution in [-0.4, -0.2) is 36.1 Å². The Kier molecular flexibility index (Phi) is 4.47. The molecule has 2 atom stereocenters. The van der Waals surface area contributed by atoms with Gasteiger partial charge in [-0.25, -0.2) is 0 Å². The lowest BCUT2D eigenvalue weighted by atomic mass is 10.0. The SMILES string of the molecule is CCNC(C)c1ccc(N2CC(=O)NC(=O)C2C)cc1O. The Morgan fingerprint density at radius 2 is 2.19 bits per heavy atom. The summed E-state index contributed by atoms with van der Waals surface area (Å²) in [6.07, 6.45) is 0. The lowest BCUT2D eigenvalue weighted by Gasteiger charge is -2.33. The van der Waals surface area contributed by atoms with Crippen LogP contribution in [0.15, 0.2) is 18.2 Å². The molecule has 3 N–H and O–H groups in total. The second kappa shape index (κ2) is 6.13. The summed E-state index contributed by atoms with van der Waals surface area (Å²) in [5, 5.41) is 15.7. The number of nitrogens with one attached hydrogen (secondary N) is 2. The zero-order valence-corrected chi connectivity index (χ0v) is 12.5. The van der Waals surface area contributed by atoms with Crippen molar-refractivity contribution in [1.82, 2.24) is 10.6 Å². The fourth-order valence-corrected chi connectivity index (χ4v) is 2.52. The molecule has 0 saturated carbocycles. The fourth-order valence-electron chi connectivity index (χ4n) is 2.52. The highest BCUT2D eigenvalue weighted by molar-refractivity contribution is 6.04. The van der Waals surface area contributed by atoms with Crippen molar-refractivity contribution < 1.29 is 14.7 Å². The number of hydrogen-bond acceptors (Lipinski definition) is 5. The Bertz CT molecular complexity index is 559. The summed E-state index contributed by atoms with van der Waals surface area (Å²) in [5.41, 5.74) is 1.46. The molecule has 114 valence electrons. The standard InChI is InChI=1S/C15H21N3O3/c1-4-16-9(2)12-6-5-11(7-13(12)19)18-8-14(20)17-15(21)10(18)3/h5-7,9-10,16,19H,4,8H2,1-3H3,(H,17,20,21). The number of anilines is 1. The normalized spacial score (nSPS) is 20.3. The topological polar surface area (TPSA) is 81.7 Å². The number of hydrogen-bond donors (Lipinski definition) is 3. The number of phenolic OH excluding ortho intramolecular Hbond substituents is 1. The highest BCUT2D eigenvalue weighted by atomic mass is 16.3. The van der Waals surface area contributed by atoms with Crippen LogP contribution in [0.25, 0.3) is 0 Å². The van der Waals surface area contributed by atoms with E-state index in [0.717, 1.165) is 12.1 Å². The number of carbonyl (C=O) groups is 2. The third-order valence-corrected chi connectivity index (χ3v) is 3.75. The van der Waals surface area contributed by atoms with Gasteiger partial charge >= 0.3 is 0 Å². The number of imide groups is 1. The number of phenols is 1. The molecule has 2 rings (SSSR count). The first kappa shape index (κ1) is 15.3. The first-order valence-corrected chi connectivity index (χ1v) is 7.10. The van der Waals surface area contributed by atoms with E-state index in [4.69, 9.17) is 0 Å². The van der Waals surface area contributed by atoms with Gasteiger partial charge in [-0.3, -0.25) is 14.9 Å². The number of nitrogens with zero attached hydrogens (tertiary/aromatic N) is 1. The fraction of sp³-hybridized carbons (Fsp3) is 0.467. The highest BCUT2D eigenvalue weighted by Gasteiger charge is 2.30. The van der Waals surface area contributed by atoms with Crippen LogP contribution < -0.4 is 15.5 Å². The number of piperazine rings is 1. The zero-order valence-electron chi connectivity index (χ0n) is 12.5. The summed E-state index contributed by atoms with van der Waals surface area (Å²) in [5.74, 6) is -0.495. The van der Waals surface area contributed by atoms with Crippen LogP contribution in [0.3, 0.4) is 0 Å². The maximum absolute atomic E-state index is 11.7. The smallest absolute Gasteiger partial charge is 0.249 e. The molecule has 1 aromatic rings. The molecule has 2 amide bonds. The maximum Gasteiger partial charge on any atom is 0.249 e. The molecule has 1 aliphatic rings. The molecule has 0 spiro atoms. The number of amides is 2. The summed E-state index contributed by atoms with van der Waals surface area (Å²) in [4.78, 5) is 24.9. The molecule has 0 bridgehead atoms. The molecule has 1 fully saturated rings. The molecular formula is C15H21N3O3. The average molecular weight is 291 g/mol. The van der Waals surface area contributed by atoms with Crippen LogP contribution in [0.4, 0.5) is 5.69 Å². The molecule has 6 heteroatoms. The number of carbonyl (C=O) groups excluding carboxylic acids is 2. The highest BCUT2D eigenvalue weighted by Crippen LogP contribution is 2.30. The largest absolute Gasteiger partial charge is 0.508 e. The molecule has 2 unspecified atom stereocenters.